The number of para-hydroxylation sites is 1. The molecule has 0 radical (unpaired) electrons. The zero-order valence-corrected chi connectivity index (χ0v) is 28.7. The highest BCUT2D eigenvalue weighted by molar-refractivity contribution is 5.99. The number of carbonyl (C=O) groups is 5. The summed E-state index contributed by atoms with van der Waals surface area (Å²) in [6, 6.07) is 26.9. The van der Waals surface area contributed by atoms with Crippen LogP contribution in [0.3, 0.4) is 0 Å². The number of nitrogens with one attached hydrogen (secondary N) is 4. The van der Waals surface area contributed by atoms with E-state index in [1.165, 1.54) is 0 Å². The second-order valence-corrected chi connectivity index (χ2v) is 12.9. The smallest absolute Gasteiger partial charge is 0.270 e. The number of aromatic nitrogens is 1. The molecule has 1 saturated heterocycles. The Kier molecular flexibility index (Phi) is 12.5. The summed E-state index contributed by atoms with van der Waals surface area (Å²) < 4.78 is 5.94. The number of nitrogens with zero attached hydrogens (tertiary/aromatic N) is 1. The number of pyridine rings is 1. The van der Waals surface area contributed by atoms with E-state index in [1.807, 2.05) is 86.6 Å². The number of hydrogen-bond donors (Lipinski definition) is 5. The first-order valence-corrected chi connectivity index (χ1v) is 17.2. The lowest BCUT2D eigenvalue weighted by Crippen LogP contribution is -2.53. The molecule has 5 amide bonds. The number of amides is 5. The average Bonchev–Trinajstić information content (AvgIpc) is 3.91. The molecule has 3 aromatic carbocycles. The van der Waals surface area contributed by atoms with Crippen molar-refractivity contribution < 1.29 is 28.7 Å². The Labute approximate surface area is 296 Å². The fourth-order valence-electron chi connectivity index (χ4n) is 5.92. The SMILES string of the molecule is CC[C@H](C)[C@H](NC(=O)CC1OC1C(Cc1ccccc1)NC(=O)[C@@H](CC(N)=O)NC(=O)c1ccc2ccccc2n1)C(=O)NCc1ccccc1. The minimum absolute atomic E-state index is 0.0280. The molecule has 2 heterocycles. The van der Waals surface area contributed by atoms with Crippen molar-refractivity contribution in [2.75, 3.05) is 0 Å². The summed E-state index contributed by atoms with van der Waals surface area (Å²) in [4.78, 5) is 69.7. The van der Waals surface area contributed by atoms with Gasteiger partial charge in [0.25, 0.3) is 5.91 Å². The molecule has 1 aromatic heterocycles. The third-order valence-corrected chi connectivity index (χ3v) is 9.01. The average molecular weight is 693 g/mol. The van der Waals surface area contributed by atoms with Crippen LogP contribution in [-0.4, -0.2) is 64.9 Å². The molecule has 12 heteroatoms. The van der Waals surface area contributed by atoms with Gasteiger partial charge in [-0.1, -0.05) is 105 Å². The van der Waals surface area contributed by atoms with E-state index in [2.05, 4.69) is 26.3 Å². The third-order valence-electron chi connectivity index (χ3n) is 9.01. The maximum atomic E-state index is 13.7. The fourth-order valence-corrected chi connectivity index (χ4v) is 5.92. The molecule has 51 heavy (non-hydrogen) atoms. The van der Waals surface area contributed by atoms with Crippen molar-refractivity contribution in [2.45, 2.75) is 76.4 Å². The monoisotopic (exact) mass is 692 g/mol. The van der Waals surface area contributed by atoms with Crippen LogP contribution in [0.1, 0.15) is 54.7 Å². The molecule has 1 aliphatic rings. The largest absolute Gasteiger partial charge is 0.370 e. The van der Waals surface area contributed by atoms with Gasteiger partial charge in [0.05, 0.1) is 30.5 Å². The minimum atomic E-state index is -1.28. The van der Waals surface area contributed by atoms with Crippen LogP contribution in [0.25, 0.3) is 10.9 Å². The fraction of sp³-hybridized carbons (Fsp3) is 0.333. The summed E-state index contributed by atoms with van der Waals surface area (Å²) in [5.41, 5.74) is 8.02. The standard InChI is InChI=1S/C39H44N6O6/c1-3-24(2)35(39(50)41-23-26-14-8-5-9-15-26)45-34(47)22-32-36(51-32)30(20-25-12-6-4-7-13-25)43-38(49)31(21-33(40)46)44-37(48)29-19-18-27-16-10-11-17-28(27)42-29/h4-19,24,30-32,35-36H,3,20-23H2,1-2H3,(H2,40,46)(H,41,50)(H,43,49)(H,44,48)(H,45,47)/t24-,30?,31+,32?,35-,36?/m0/s1. The number of carbonyl (C=O) groups excluding carboxylic acids is 5. The number of nitrogens with two attached hydrogens (primary N) is 1. The number of epoxide rings is 1. The van der Waals surface area contributed by atoms with Gasteiger partial charge >= 0.3 is 0 Å². The molecule has 4 aromatic rings. The van der Waals surface area contributed by atoms with E-state index in [-0.39, 0.29) is 29.8 Å². The number of fused-ring (bicyclic) bond motifs is 1. The van der Waals surface area contributed by atoms with Crippen LogP contribution >= 0.6 is 0 Å². The van der Waals surface area contributed by atoms with E-state index in [4.69, 9.17) is 10.5 Å². The normalized spacial score (nSPS) is 17.3. The van der Waals surface area contributed by atoms with Gasteiger partial charge in [0.1, 0.15) is 23.9 Å². The van der Waals surface area contributed by atoms with Crippen molar-refractivity contribution in [1.29, 1.82) is 0 Å². The van der Waals surface area contributed by atoms with Crippen LogP contribution < -0.4 is 27.0 Å². The summed E-state index contributed by atoms with van der Waals surface area (Å²) in [6.45, 7) is 4.21. The molecule has 0 bridgehead atoms. The molecular weight excluding hydrogens is 648 g/mol. The molecule has 3 unspecified atom stereocenters. The predicted molar refractivity (Wildman–Crippen MR) is 192 cm³/mol. The second-order valence-electron chi connectivity index (χ2n) is 12.9. The topological polar surface area (TPSA) is 185 Å². The molecule has 266 valence electrons. The lowest BCUT2D eigenvalue weighted by Gasteiger charge is -2.24. The van der Waals surface area contributed by atoms with Crippen LogP contribution in [0.4, 0.5) is 0 Å². The Morgan fingerprint density at radius 2 is 1.47 bits per heavy atom. The first kappa shape index (κ1) is 36.7. The van der Waals surface area contributed by atoms with E-state index >= 15 is 0 Å². The zero-order valence-electron chi connectivity index (χ0n) is 28.7. The van der Waals surface area contributed by atoms with E-state index in [1.54, 1.807) is 24.3 Å². The van der Waals surface area contributed by atoms with Gasteiger partial charge in [-0.25, -0.2) is 4.98 Å². The van der Waals surface area contributed by atoms with Crippen LogP contribution in [0.5, 0.6) is 0 Å². The van der Waals surface area contributed by atoms with Crippen molar-refractivity contribution >= 4 is 40.4 Å². The first-order chi connectivity index (χ1) is 24.6. The lowest BCUT2D eigenvalue weighted by atomic mass is 9.97. The molecule has 0 spiro atoms. The third kappa shape index (κ3) is 10.4. The molecule has 5 rings (SSSR count). The van der Waals surface area contributed by atoms with Gasteiger partial charge in [0, 0.05) is 11.9 Å². The van der Waals surface area contributed by atoms with Gasteiger partial charge < -0.3 is 31.7 Å². The van der Waals surface area contributed by atoms with E-state index in [0.29, 0.717) is 24.9 Å². The molecule has 6 atom stereocenters. The zero-order chi connectivity index (χ0) is 36.3. The number of primary amides is 1. The molecular formula is C39H44N6O6. The van der Waals surface area contributed by atoms with Crippen molar-refractivity contribution in [3.63, 3.8) is 0 Å². The molecule has 6 N–H and O–H groups in total. The van der Waals surface area contributed by atoms with Crippen LogP contribution in [0.15, 0.2) is 97.1 Å². The van der Waals surface area contributed by atoms with E-state index in [9.17, 15) is 24.0 Å². The molecule has 1 fully saturated rings. The highest BCUT2D eigenvalue weighted by Crippen LogP contribution is 2.30. The van der Waals surface area contributed by atoms with Gasteiger partial charge in [-0.2, -0.15) is 0 Å². The lowest BCUT2D eigenvalue weighted by molar-refractivity contribution is -0.130. The highest BCUT2D eigenvalue weighted by atomic mass is 16.6. The van der Waals surface area contributed by atoms with E-state index < -0.39 is 54.5 Å². The summed E-state index contributed by atoms with van der Waals surface area (Å²) in [7, 11) is 0. The molecule has 0 aliphatic carbocycles. The Morgan fingerprint density at radius 3 is 2.16 bits per heavy atom. The molecule has 0 saturated carbocycles. The van der Waals surface area contributed by atoms with Crippen LogP contribution in [0.2, 0.25) is 0 Å². The highest BCUT2D eigenvalue weighted by Gasteiger charge is 2.47. The van der Waals surface area contributed by atoms with Gasteiger partial charge in [0.15, 0.2) is 0 Å². The van der Waals surface area contributed by atoms with Crippen molar-refractivity contribution in [3.05, 3.63) is 114 Å². The number of hydrogen-bond acceptors (Lipinski definition) is 7. The Morgan fingerprint density at radius 1 is 0.804 bits per heavy atom. The quantitative estimate of drug-likeness (QED) is 0.105. The second kappa shape index (κ2) is 17.3. The van der Waals surface area contributed by atoms with Gasteiger partial charge in [-0.3, -0.25) is 24.0 Å². The van der Waals surface area contributed by atoms with Gasteiger partial charge in [-0.05, 0) is 35.6 Å². The Bertz CT molecular complexity index is 1840. The van der Waals surface area contributed by atoms with Crippen molar-refractivity contribution in [2.24, 2.45) is 11.7 Å². The number of rotatable bonds is 17. The number of benzene rings is 3. The Balaban J connectivity index is 1.24. The summed E-state index contributed by atoms with van der Waals surface area (Å²) >= 11 is 0. The van der Waals surface area contributed by atoms with Gasteiger partial charge in [-0.15, -0.1) is 0 Å². The van der Waals surface area contributed by atoms with Crippen molar-refractivity contribution in [1.82, 2.24) is 26.3 Å². The molecule has 1 aliphatic heterocycles. The summed E-state index contributed by atoms with van der Waals surface area (Å²) in [6.07, 6.45) is -0.506. The predicted octanol–water partition coefficient (Wildman–Crippen LogP) is 2.94. The van der Waals surface area contributed by atoms with Crippen molar-refractivity contribution in [3.8, 4) is 0 Å². The minimum Gasteiger partial charge on any atom is -0.370 e. The first-order valence-electron chi connectivity index (χ1n) is 17.2. The van der Waals surface area contributed by atoms with E-state index in [0.717, 1.165) is 16.5 Å². The maximum absolute atomic E-state index is 13.7. The Hall–Kier alpha value is -5.62. The summed E-state index contributed by atoms with van der Waals surface area (Å²) in [5, 5.41) is 12.2. The maximum Gasteiger partial charge on any atom is 0.270 e. The van der Waals surface area contributed by atoms with Gasteiger partial charge in [0.2, 0.25) is 23.6 Å². The number of ether oxygens (including phenoxy) is 1. The van der Waals surface area contributed by atoms with Crippen LogP contribution in [0, 0.1) is 5.92 Å². The van der Waals surface area contributed by atoms with Crippen LogP contribution in [-0.2, 0) is 36.9 Å². The summed E-state index contributed by atoms with van der Waals surface area (Å²) in [5.74, 6) is -2.79. The molecule has 12 nitrogen and oxygen atoms in total.